The predicted octanol–water partition coefficient (Wildman–Crippen LogP) is 1.95. The van der Waals surface area contributed by atoms with Crippen molar-refractivity contribution in [3.05, 3.63) is 29.0 Å². The summed E-state index contributed by atoms with van der Waals surface area (Å²) in [6, 6.07) is 3.42. The Hall–Kier alpha value is -1.37. The molecule has 2 N–H and O–H groups in total. The molecule has 5 nitrogen and oxygen atoms in total. The van der Waals surface area contributed by atoms with Crippen LogP contribution in [0.5, 0.6) is 0 Å². The highest BCUT2D eigenvalue weighted by Gasteiger charge is 2.15. The van der Waals surface area contributed by atoms with E-state index in [0.29, 0.717) is 0 Å². The van der Waals surface area contributed by atoms with Gasteiger partial charge in [0, 0.05) is 19.2 Å². The third-order valence-electron chi connectivity index (χ3n) is 2.36. The minimum atomic E-state index is -0.796. The van der Waals surface area contributed by atoms with Gasteiger partial charge in [-0.2, -0.15) is 0 Å². The summed E-state index contributed by atoms with van der Waals surface area (Å²) >= 11 is 5.61. The summed E-state index contributed by atoms with van der Waals surface area (Å²) in [7, 11) is 2.94. The predicted molar refractivity (Wildman–Crippen MR) is 70.9 cm³/mol. The molecule has 0 radical (unpaired) electrons. The Morgan fingerprint density at radius 3 is 2.89 bits per heavy atom. The Morgan fingerprint density at radius 1 is 1.63 bits per heavy atom. The average Bonchev–Trinajstić information content (AvgIpc) is 2.32. The molecule has 7 heteroatoms. The first-order valence-corrected chi connectivity index (χ1v) is 5.96. The number of methoxy groups -OCH3 is 1. The van der Waals surface area contributed by atoms with Gasteiger partial charge in [-0.05, 0) is 18.2 Å². The van der Waals surface area contributed by atoms with Crippen molar-refractivity contribution in [2.75, 3.05) is 32.6 Å². The SMILES string of the molecule is COCC(O)CN(C)C(=O)Nc1ccc(Cl)cc1F. The van der Waals surface area contributed by atoms with Gasteiger partial charge in [0.2, 0.25) is 0 Å². The van der Waals surface area contributed by atoms with E-state index in [-0.39, 0.29) is 23.9 Å². The lowest BCUT2D eigenvalue weighted by Crippen LogP contribution is -2.38. The molecule has 1 rings (SSSR count). The van der Waals surface area contributed by atoms with Crippen LogP contribution in [0.15, 0.2) is 18.2 Å². The zero-order valence-electron chi connectivity index (χ0n) is 10.7. The molecule has 0 saturated carbocycles. The number of ether oxygens (including phenoxy) is 1. The molecular weight excluding hydrogens is 275 g/mol. The Bertz CT molecular complexity index is 445. The number of rotatable bonds is 5. The lowest BCUT2D eigenvalue weighted by atomic mass is 10.3. The van der Waals surface area contributed by atoms with Gasteiger partial charge in [0.05, 0.1) is 24.9 Å². The highest BCUT2D eigenvalue weighted by molar-refractivity contribution is 6.30. The minimum absolute atomic E-state index is 0.0301. The third kappa shape index (κ3) is 5.02. The molecule has 1 aromatic rings. The quantitative estimate of drug-likeness (QED) is 0.871. The molecule has 0 aromatic heterocycles. The first-order valence-electron chi connectivity index (χ1n) is 5.58. The highest BCUT2D eigenvalue weighted by atomic mass is 35.5. The summed E-state index contributed by atoms with van der Waals surface area (Å²) in [4.78, 5) is 13.0. The number of nitrogens with one attached hydrogen (secondary N) is 1. The number of hydrogen-bond acceptors (Lipinski definition) is 3. The Balaban J connectivity index is 2.58. The van der Waals surface area contributed by atoms with Crippen LogP contribution in [0.1, 0.15) is 0 Å². The summed E-state index contributed by atoms with van der Waals surface area (Å²) in [5, 5.41) is 12.1. The number of hydrogen-bond donors (Lipinski definition) is 2. The first kappa shape index (κ1) is 15.7. The lowest BCUT2D eigenvalue weighted by Gasteiger charge is -2.21. The Labute approximate surface area is 115 Å². The topological polar surface area (TPSA) is 61.8 Å². The van der Waals surface area contributed by atoms with Gasteiger partial charge in [-0.3, -0.25) is 0 Å². The minimum Gasteiger partial charge on any atom is -0.389 e. The number of likely N-dealkylation sites (N-methyl/N-ethyl adjacent to an activating group) is 1. The van der Waals surface area contributed by atoms with Crippen molar-refractivity contribution >= 4 is 23.3 Å². The normalized spacial score (nSPS) is 12.1. The van der Waals surface area contributed by atoms with Crippen LogP contribution in [0.3, 0.4) is 0 Å². The number of amides is 2. The fraction of sp³-hybridized carbons (Fsp3) is 0.417. The van der Waals surface area contributed by atoms with Crippen molar-refractivity contribution in [1.29, 1.82) is 0 Å². The summed E-state index contributed by atoms with van der Waals surface area (Å²) in [6.07, 6.45) is -0.796. The molecule has 0 fully saturated rings. The van der Waals surface area contributed by atoms with Gasteiger partial charge in [0.25, 0.3) is 0 Å². The van der Waals surface area contributed by atoms with Crippen molar-refractivity contribution in [3.63, 3.8) is 0 Å². The van der Waals surface area contributed by atoms with Crippen LogP contribution in [-0.4, -0.2) is 49.5 Å². The monoisotopic (exact) mass is 290 g/mol. The van der Waals surface area contributed by atoms with Crippen molar-refractivity contribution in [1.82, 2.24) is 4.90 Å². The number of nitrogens with zero attached hydrogens (tertiary/aromatic N) is 1. The van der Waals surface area contributed by atoms with Crippen molar-refractivity contribution in [2.45, 2.75) is 6.10 Å². The van der Waals surface area contributed by atoms with Gasteiger partial charge in [0.15, 0.2) is 0 Å². The number of anilines is 1. The van der Waals surface area contributed by atoms with E-state index in [4.69, 9.17) is 16.3 Å². The molecule has 0 bridgehead atoms. The standard InChI is InChI=1S/C12H16ClFN2O3/c1-16(6-9(17)7-19-2)12(18)15-11-4-3-8(13)5-10(11)14/h3-5,9,17H,6-7H2,1-2H3,(H,15,18). The van der Waals surface area contributed by atoms with Crippen molar-refractivity contribution < 1.29 is 19.0 Å². The summed E-state index contributed by atoms with van der Waals surface area (Å²) in [5.41, 5.74) is 0.0301. The van der Waals surface area contributed by atoms with Crippen molar-refractivity contribution in [3.8, 4) is 0 Å². The van der Waals surface area contributed by atoms with E-state index in [2.05, 4.69) is 5.32 Å². The molecule has 1 unspecified atom stereocenters. The molecule has 0 aliphatic heterocycles. The molecule has 19 heavy (non-hydrogen) atoms. The summed E-state index contributed by atoms with van der Waals surface area (Å²) in [5.74, 6) is -0.619. The maximum absolute atomic E-state index is 13.5. The summed E-state index contributed by atoms with van der Waals surface area (Å²) < 4.78 is 18.2. The number of urea groups is 1. The fourth-order valence-corrected chi connectivity index (χ4v) is 1.60. The van der Waals surface area contributed by atoms with Crippen LogP contribution >= 0.6 is 11.6 Å². The number of halogens is 2. The second-order valence-corrected chi connectivity index (χ2v) is 4.48. The second-order valence-electron chi connectivity index (χ2n) is 4.04. The molecule has 106 valence electrons. The Morgan fingerprint density at radius 2 is 2.32 bits per heavy atom. The van der Waals surface area contributed by atoms with Crippen LogP contribution in [0.4, 0.5) is 14.9 Å². The van der Waals surface area contributed by atoms with Gasteiger partial charge in [0.1, 0.15) is 5.82 Å². The van der Waals surface area contributed by atoms with Gasteiger partial charge < -0.3 is 20.1 Å². The number of carbonyl (C=O) groups excluding carboxylic acids is 1. The van der Waals surface area contributed by atoms with E-state index in [1.807, 2.05) is 0 Å². The molecule has 1 aromatic carbocycles. The number of benzene rings is 1. The first-order chi connectivity index (χ1) is 8.93. The zero-order valence-corrected chi connectivity index (χ0v) is 11.4. The number of carbonyl (C=O) groups is 1. The van der Waals surface area contributed by atoms with Crippen LogP contribution in [0.2, 0.25) is 5.02 Å². The van der Waals surface area contributed by atoms with E-state index >= 15 is 0 Å². The molecule has 2 amide bonds. The highest BCUT2D eigenvalue weighted by Crippen LogP contribution is 2.19. The smallest absolute Gasteiger partial charge is 0.321 e. The average molecular weight is 291 g/mol. The van der Waals surface area contributed by atoms with Crippen LogP contribution < -0.4 is 5.32 Å². The zero-order chi connectivity index (χ0) is 14.4. The maximum Gasteiger partial charge on any atom is 0.321 e. The molecule has 1 atom stereocenters. The van der Waals surface area contributed by atoms with Crippen LogP contribution in [0, 0.1) is 5.82 Å². The largest absolute Gasteiger partial charge is 0.389 e. The second kappa shape index (κ2) is 7.28. The van der Waals surface area contributed by atoms with E-state index < -0.39 is 18.0 Å². The summed E-state index contributed by atoms with van der Waals surface area (Å²) in [6.45, 7) is 0.196. The van der Waals surface area contributed by atoms with Crippen LogP contribution in [0.25, 0.3) is 0 Å². The van der Waals surface area contributed by atoms with E-state index in [0.717, 1.165) is 6.07 Å². The lowest BCUT2D eigenvalue weighted by molar-refractivity contribution is 0.0501. The van der Waals surface area contributed by atoms with Gasteiger partial charge in [-0.1, -0.05) is 11.6 Å². The van der Waals surface area contributed by atoms with Gasteiger partial charge >= 0.3 is 6.03 Å². The maximum atomic E-state index is 13.5. The van der Waals surface area contributed by atoms with E-state index in [1.165, 1.54) is 31.2 Å². The van der Waals surface area contributed by atoms with Gasteiger partial charge in [-0.15, -0.1) is 0 Å². The fourth-order valence-electron chi connectivity index (χ4n) is 1.45. The molecule has 0 aliphatic rings. The molecular formula is C12H16ClFN2O3. The van der Waals surface area contributed by atoms with Crippen LogP contribution in [-0.2, 0) is 4.74 Å². The van der Waals surface area contributed by atoms with Crippen molar-refractivity contribution in [2.24, 2.45) is 0 Å². The third-order valence-corrected chi connectivity index (χ3v) is 2.60. The van der Waals surface area contributed by atoms with E-state index in [9.17, 15) is 14.3 Å². The molecule has 0 aliphatic carbocycles. The Kier molecular flexibility index (Phi) is 6.01. The molecule has 0 heterocycles. The number of aliphatic hydroxyl groups excluding tert-OH is 1. The number of aliphatic hydroxyl groups is 1. The van der Waals surface area contributed by atoms with E-state index in [1.54, 1.807) is 0 Å². The molecule has 0 spiro atoms. The molecule has 0 saturated heterocycles. The van der Waals surface area contributed by atoms with Gasteiger partial charge in [-0.25, -0.2) is 9.18 Å².